The molecule has 0 aliphatic carbocycles. The largest absolute Gasteiger partial charge is 0.573 e. The summed E-state index contributed by atoms with van der Waals surface area (Å²) in [5.74, 6) is -1.49. The Morgan fingerprint density at radius 1 is 1.17 bits per heavy atom. The van der Waals surface area contributed by atoms with Crippen molar-refractivity contribution in [2.75, 3.05) is 0 Å². The fraction of sp³-hybridized carbons (Fsp3) is 0.0667. The van der Waals surface area contributed by atoms with Gasteiger partial charge in [-0.1, -0.05) is 12.1 Å². The van der Waals surface area contributed by atoms with Crippen LogP contribution in [0.4, 0.5) is 13.2 Å². The van der Waals surface area contributed by atoms with E-state index in [1.807, 2.05) is 0 Å². The molecule has 0 fully saturated rings. The van der Waals surface area contributed by atoms with E-state index >= 15 is 0 Å². The molecule has 0 aliphatic rings. The molecule has 0 aliphatic heterocycles. The van der Waals surface area contributed by atoms with E-state index in [0.29, 0.717) is 10.9 Å². The maximum Gasteiger partial charge on any atom is 0.573 e. The number of aromatic amines is 1. The van der Waals surface area contributed by atoms with Crippen LogP contribution in [0.5, 0.6) is 5.75 Å². The summed E-state index contributed by atoms with van der Waals surface area (Å²) >= 11 is 0. The summed E-state index contributed by atoms with van der Waals surface area (Å²) in [7, 11) is 0. The molecule has 118 valence electrons. The highest BCUT2D eigenvalue weighted by Crippen LogP contribution is 2.36. The van der Waals surface area contributed by atoms with E-state index in [4.69, 9.17) is 5.11 Å². The molecule has 0 radical (unpaired) electrons. The summed E-state index contributed by atoms with van der Waals surface area (Å²) in [6.45, 7) is 0. The summed E-state index contributed by atoms with van der Waals surface area (Å²) < 4.78 is 41.5. The van der Waals surface area contributed by atoms with Crippen molar-refractivity contribution in [1.82, 2.24) is 10.2 Å². The van der Waals surface area contributed by atoms with E-state index in [9.17, 15) is 18.0 Å². The number of benzene rings is 2. The summed E-state index contributed by atoms with van der Waals surface area (Å²) in [6.07, 6.45) is -4.82. The number of ether oxygens (including phenoxy) is 1. The van der Waals surface area contributed by atoms with Crippen LogP contribution >= 0.6 is 0 Å². The van der Waals surface area contributed by atoms with Gasteiger partial charge in [-0.25, -0.2) is 4.79 Å². The lowest BCUT2D eigenvalue weighted by atomic mass is 10.1. The minimum Gasteiger partial charge on any atom is -0.478 e. The highest BCUT2D eigenvalue weighted by Gasteiger charge is 2.32. The molecule has 2 aromatic carbocycles. The third kappa shape index (κ3) is 2.96. The van der Waals surface area contributed by atoms with Gasteiger partial charge in [0.25, 0.3) is 0 Å². The van der Waals surface area contributed by atoms with Crippen LogP contribution in [0.25, 0.3) is 22.2 Å². The monoisotopic (exact) mass is 322 g/mol. The van der Waals surface area contributed by atoms with Gasteiger partial charge in [-0.05, 0) is 30.3 Å². The zero-order valence-electron chi connectivity index (χ0n) is 11.4. The van der Waals surface area contributed by atoms with Crippen molar-refractivity contribution in [2.24, 2.45) is 0 Å². The van der Waals surface area contributed by atoms with Gasteiger partial charge in [-0.15, -0.1) is 13.2 Å². The van der Waals surface area contributed by atoms with Crippen LogP contribution in [-0.4, -0.2) is 27.6 Å². The van der Waals surface area contributed by atoms with Crippen LogP contribution in [-0.2, 0) is 0 Å². The van der Waals surface area contributed by atoms with Crippen molar-refractivity contribution < 1.29 is 27.8 Å². The number of nitrogens with zero attached hydrogens (tertiary/aromatic N) is 1. The smallest absolute Gasteiger partial charge is 0.478 e. The zero-order valence-corrected chi connectivity index (χ0v) is 11.4. The average molecular weight is 322 g/mol. The fourth-order valence-corrected chi connectivity index (χ4v) is 2.23. The van der Waals surface area contributed by atoms with E-state index < -0.39 is 12.3 Å². The number of alkyl halides is 3. The second-order valence-electron chi connectivity index (χ2n) is 4.68. The third-order valence-electron chi connectivity index (χ3n) is 3.18. The highest BCUT2D eigenvalue weighted by atomic mass is 19.4. The van der Waals surface area contributed by atoms with Gasteiger partial charge < -0.3 is 9.84 Å². The normalized spacial score (nSPS) is 11.6. The average Bonchev–Trinajstić information content (AvgIpc) is 2.89. The molecule has 3 aromatic rings. The molecule has 0 amide bonds. The predicted octanol–water partition coefficient (Wildman–Crippen LogP) is 3.83. The maximum absolute atomic E-state index is 12.5. The first-order valence-corrected chi connectivity index (χ1v) is 6.42. The van der Waals surface area contributed by atoms with Crippen LogP contribution in [0.15, 0.2) is 42.5 Å². The summed E-state index contributed by atoms with van der Waals surface area (Å²) in [5.41, 5.74) is 0.852. The summed E-state index contributed by atoms with van der Waals surface area (Å²) in [4.78, 5) is 11.0. The van der Waals surface area contributed by atoms with Gasteiger partial charge in [0.15, 0.2) is 0 Å². The molecule has 1 heterocycles. The van der Waals surface area contributed by atoms with Crippen molar-refractivity contribution >= 4 is 16.9 Å². The number of rotatable bonds is 3. The molecule has 1 aromatic heterocycles. The Kier molecular flexibility index (Phi) is 3.44. The molecular weight excluding hydrogens is 313 g/mol. The lowest BCUT2D eigenvalue weighted by molar-refractivity contribution is -0.274. The van der Waals surface area contributed by atoms with Gasteiger partial charge in [-0.2, -0.15) is 5.10 Å². The van der Waals surface area contributed by atoms with Gasteiger partial charge >= 0.3 is 12.3 Å². The first kappa shape index (κ1) is 14.9. The second-order valence-corrected chi connectivity index (χ2v) is 4.68. The molecule has 8 heteroatoms. The minimum atomic E-state index is -4.82. The van der Waals surface area contributed by atoms with Crippen LogP contribution in [0.1, 0.15) is 10.4 Å². The van der Waals surface area contributed by atoms with E-state index in [1.54, 1.807) is 6.07 Å². The van der Waals surface area contributed by atoms with E-state index in [0.717, 1.165) is 0 Å². The Morgan fingerprint density at radius 3 is 2.61 bits per heavy atom. The van der Waals surface area contributed by atoms with Crippen molar-refractivity contribution in [2.45, 2.75) is 6.36 Å². The van der Waals surface area contributed by atoms with Gasteiger partial charge in [0.1, 0.15) is 11.4 Å². The minimum absolute atomic E-state index is 0.0486. The highest BCUT2D eigenvalue weighted by molar-refractivity contribution is 5.98. The molecule has 0 spiro atoms. The standard InChI is InChI=1S/C15H9F3N2O3/c16-15(17,18)23-12-4-2-1-3-10(12)13-9-6-5-8(14(21)22)7-11(9)19-20-13/h1-7H,(H,19,20)(H,21,22). The van der Waals surface area contributed by atoms with Crippen molar-refractivity contribution in [3.8, 4) is 17.0 Å². The van der Waals surface area contributed by atoms with Crippen LogP contribution < -0.4 is 4.74 Å². The molecule has 23 heavy (non-hydrogen) atoms. The van der Waals surface area contributed by atoms with Crippen molar-refractivity contribution in [1.29, 1.82) is 0 Å². The van der Waals surface area contributed by atoms with Crippen molar-refractivity contribution in [3.05, 3.63) is 48.0 Å². The predicted molar refractivity (Wildman–Crippen MR) is 75.2 cm³/mol. The first-order chi connectivity index (χ1) is 10.8. The lowest BCUT2D eigenvalue weighted by Crippen LogP contribution is -2.17. The molecule has 3 rings (SSSR count). The maximum atomic E-state index is 12.5. The zero-order chi connectivity index (χ0) is 16.6. The lowest BCUT2D eigenvalue weighted by Gasteiger charge is -2.12. The Labute approximate surface area is 127 Å². The number of H-pyrrole nitrogens is 1. The number of fused-ring (bicyclic) bond motifs is 1. The van der Waals surface area contributed by atoms with Crippen LogP contribution in [0.3, 0.4) is 0 Å². The van der Waals surface area contributed by atoms with Crippen LogP contribution in [0.2, 0.25) is 0 Å². The molecule has 5 nitrogen and oxygen atoms in total. The van der Waals surface area contributed by atoms with Gasteiger partial charge in [-0.3, -0.25) is 5.10 Å². The molecule has 0 saturated carbocycles. The number of hydrogen-bond donors (Lipinski definition) is 2. The number of carboxylic acid groups (broad SMARTS) is 1. The fourth-order valence-electron chi connectivity index (χ4n) is 2.23. The van der Waals surface area contributed by atoms with E-state index in [2.05, 4.69) is 14.9 Å². The number of halogens is 3. The number of aromatic nitrogens is 2. The molecule has 0 bridgehead atoms. The number of nitrogens with one attached hydrogen (secondary N) is 1. The van der Waals surface area contributed by atoms with E-state index in [-0.39, 0.29) is 22.6 Å². The number of para-hydroxylation sites is 1. The Morgan fingerprint density at radius 2 is 1.91 bits per heavy atom. The van der Waals surface area contributed by atoms with Gasteiger partial charge in [0.2, 0.25) is 0 Å². The number of aromatic carboxylic acids is 1. The Hall–Kier alpha value is -3.03. The second kappa shape index (κ2) is 5.31. The van der Waals surface area contributed by atoms with Crippen molar-refractivity contribution in [3.63, 3.8) is 0 Å². The Bertz CT molecular complexity index is 887. The molecule has 2 N–H and O–H groups in total. The van der Waals surface area contributed by atoms with E-state index in [1.165, 1.54) is 36.4 Å². The summed E-state index contributed by atoms with van der Waals surface area (Å²) in [5, 5.41) is 16.1. The topological polar surface area (TPSA) is 75.2 Å². The molecule has 0 atom stereocenters. The number of carbonyl (C=O) groups is 1. The quantitative estimate of drug-likeness (QED) is 0.768. The number of carboxylic acids is 1. The molecular formula is C15H9F3N2O3. The van der Waals surface area contributed by atoms with Gasteiger partial charge in [0.05, 0.1) is 11.1 Å². The molecule has 0 saturated heterocycles. The SMILES string of the molecule is O=C(O)c1ccc2c(-c3ccccc3OC(F)(F)F)n[nH]c2c1. The first-order valence-electron chi connectivity index (χ1n) is 6.42. The molecule has 0 unspecified atom stereocenters. The Balaban J connectivity index is 2.13. The number of hydrogen-bond acceptors (Lipinski definition) is 3. The van der Waals surface area contributed by atoms with Gasteiger partial charge in [0, 0.05) is 10.9 Å². The third-order valence-corrected chi connectivity index (χ3v) is 3.18. The van der Waals surface area contributed by atoms with Crippen LogP contribution in [0, 0.1) is 0 Å². The summed E-state index contributed by atoms with van der Waals surface area (Å²) in [6, 6.07) is 9.82.